The summed E-state index contributed by atoms with van der Waals surface area (Å²) in [6, 6.07) is 2.88. The van der Waals surface area contributed by atoms with Crippen molar-refractivity contribution >= 4 is 40.7 Å². The molecule has 0 bridgehead atoms. The van der Waals surface area contributed by atoms with Gasteiger partial charge in [-0.15, -0.1) is 0 Å². The third-order valence-corrected chi connectivity index (χ3v) is 1.71. The molecule has 0 unspecified atom stereocenters. The highest BCUT2D eigenvalue weighted by Crippen LogP contribution is 2.18. The molecule has 0 radical (unpaired) electrons. The van der Waals surface area contributed by atoms with Crippen molar-refractivity contribution in [3.63, 3.8) is 0 Å². The minimum Gasteiger partial charge on any atom is -0.298 e. The van der Waals surface area contributed by atoms with Crippen molar-refractivity contribution in [1.82, 2.24) is 4.98 Å². The average molecular weight is 262 g/mol. The summed E-state index contributed by atoms with van der Waals surface area (Å²) < 4.78 is 0. The van der Waals surface area contributed by atoms with Crippen LogP contribution in [0, 0.1) is 0 Å². The zero-order valence-electron chi connectivity index (χ0n) is 8.62. The highest BCUT2D eigenvalue weighted by molar-refractivity contribution is 6.32. The van der Waals surface area contributed by atoms with E-state index in [2.05, 4.69) is 20.3 Å². The van der Waals surface area contributed by atoms with Crippen molar-refractivity contribution in [2.75, 3.05) is 5.32 Å². The molecular formula is C9H9Cl2N3O2. The fourth-order valence-corrected chi connectivity index (χ4v) is 1.27. The predicted molar refractivity (Wildman–Crippen MR) is 63.1 cm³/mol. The number of anilines is 1. The molecule has 0 aliphatic heterocycles. The van der Waals surface area contributed by atoms with Gasteiger partial charge in [-0.1, -0.05) is 28.4 Å². The minimum atomic E-state index is -0.723. The number of oxime groups is 1. The number of halogens is 2. The number of rotatable bonds is 2. The number of nitrogens with one attached hydrogen (secondary N) is 1. The van der Waals surface area contributed by atoms with Crippen LogP contribution < -0.4 is 5.32 Å². The van der Waals surface area contributed by atoms with Gasteiger partial charge in [0.05, 0.1) is 11.4 Å². The van der Waals surface area contributed by atoms with E-state index in [1.165, 1.54) is 12.1 Å². The third-order valence-electron chi connectivity index (χ3n) is 1.32. The highest BCUT2D eigenvalue weighted by atomic mass is 35.5. The van der Waals surface area contributed by atoms with Crippen LogP contribution in [0.15, 0.2) is 17.3 Å². The summed E-state index contributed by atoms with van der Waals surface area (Å²) in [6.07, 6.45) is -0.723. The molecule has 0 saturated heterocycles. The van der Waals surface area contributed by atoms with Crippen molar-refractivity contribution in [1.29, 1.82) is 0 Å². The summed E-state index contributed by atoms with van der Waals surface area (Å²) in [5.74, 6) is 0. The van der Waals surface area contributed by atoms with Crippen molar-refractivity contribution in [3.05, 3.63) is 22.4 Å². The number of carbonyl (C=O) groups excluding carboxylic acids is 1. The van der Waals surface area contributed by atoms with Crippen LogP contribution in [0.2, 0.25) is 10.3 Å². The number of amides is 1. The van der Waals surface area contributed by atoms with Crippen LogP contribution in [-0.4, -0.2) is 16.8 Å². The molecule has 16 heavy (non-hydrogen) atoms. The lowest BCUT2D eigenvalue weighted by Gasteiger charge is -2.03. The first-order chi connectivity index (χ1) is 7.47. The van der Waals surface area contributed by atoms with Gasteiger partial charge in [-0.25, -0.2) is 9.78 Å². The molecule has 1 heterocycles. The van der Waals surface area contributed by atoms with Crippen molar-refractivity contribution in [2.45, 2.75) is 13.8 Å². The second-order valence-corrected chi connectivity index (χ2v) is 3.82. The van der Waals surface area contributed by atoms with Gasteiger partial charge in [0.25, 0.3) is 0 Å². The fraction of sp³-hybridized carbons (Fsp3) is 0.222. The number of pyridine rings is 1. The lowest BCUT2D eigenvalue weighted by atomic mass is 10.4. The quantitative estimate of drug-likeness (QED) is 0.385. The predicted octanol–water partition coefficient (Wildman–Crippen LogP) is 3.33. The van der Waals surface area contributed by atoms with Gasteiger partial charge in [-0.05, 0) is 26.0 Å². The van der Waals surface area contributed by atoms with Gasteiger partial charge in [0.15, 0.2) is 0 Å². The normalized spacial score (nSPS) is 9.50. The molecule has 0 aliphatic carbocycles. The molecular weight excluding hydrogens is 253 g/mol. The van der Waals surface area contributed by atoms with E-state index < -0.39 is 6.09 Å². The Balaban J connectivity index is 2.66. The molecule has 0 spiro atoms. The Morgan fingerprint density at radius 3 is 2.44 bits per heavy atom. The van der Waals surface area contributed by atoms with E-state index in [0.717, 1.165) is 0 Å². The summed E-state index contributed by atoms with van der Waals surface area (Å²) in [5.41, 5.74) is 1.01. The molecule has 0 aliphatic rings. The van der Waals surface area contributed by atoms with E-state index in [1.54, 1.807) is 13.8 Å². The second-order valence-electron chi connectivity index (χ2n) is 3.04. The molecule has 1 N–H and O–H groups in total. The molecule has 0 aromatic carbocycles. The van der Waals surface area contributed by atoms with E-state index in [1.807, 2.05) is 0 Å². The largest absolute Gasteiger partial charge is 0.437 e. The lowest BCUT2D eigenvalue weighted by Crippen LogP contribution is -2.11. The average Bonchev–Trinajstić information content (AvgIpc) is 2.12. The van der Waals surface area contributed by atoms with Gasteiger partial charge in [0, 0.05) is 0 Å². The van der Waals surface area contributed by atoms with Crippen LogP contribution in [0.4, 0.5) is 10.5 Å². The van der Waals surface area contributed by atoms with Gasteiger partial charge in [0.1, 0.15) is 10.3 Å². The smallest absolute Gasteiger partial charge is 0.298 e. The first-order valence-electron chi connectivity index (χ1n) is 4.29. The first-order valence-corrected chi connectivity index (χ1v) is 5.05. The van der Waals surface area contributed by atoms with Crippen LogP contribution in [0.5, 0.6) is 0 Å². The van der Waals surface area contributed by atoms with Gasteiger partial charge in [-0.3, -0.25) is 10.2 Å². The summed E-state index contributed by atoms with van der Waals surface area (Å²) in [5, 5.41) is 6.25. The summed E-state index contributed by atoms with van der Waals surface area (Å²) >= 11 is 11.3. The molecule has 1 aromatic rings. The van der Waals surface area contributed by atoms with Crippen LogP contribution in [0.3, 0.4) is 0 Å². The molecule has 1 amide bonds. The lowest BCUT2D eigenvalue weighted by molar-refractivity contribution is 0.166. The minimum absolute atomic E-state index is 0.179. The molecule has 0 fully saturated rings. The number of hydrogen-bond donors (Lipinski definition) is 1. The van der Waals surface area contributed by atoms with Gasteiger partial charge < -0.3 is 0 Å². The highest BCUT2D eigenvalue weighted by Gasteiger charge is 2.05. The second kappa shape index (κ2) is 5.67. The number of nitrogens with zero attached hydrogens (tertiary/aromatic N) is 2. The molecule has 1 rings (SSSR count). The van der Waals surface area contributed by atoms with Crippen molar-refractivity contribution in [3.8, 4) is 0 Å². The molecule has 7 heteroatoms. The number of carbonyl (C=O) groups is 1. The monoisotopic (exact) mass is 261 g/mol. The number of aromatic nitrogens is 1. The van der Waals surface area contributed by atoms with E-state index in [0.29, 0.717) is 11.4 Å². The Kier molecular flexibility index (Phi) is 4.52. The van der Waals surface area contributed by atoms with Crippen molar-refractivity contribution < 1.29 is 9.63 Å². The summed E-state index contributed by atoms with van der Waals surface area (Å²) in [7, 11) is 0. The molecule has 0 atom stereocenters. The topological polar surface area (TPSA) is 63.6 Å². The Labute approximate surface area is 102 Å². The third kappa shape index (κ3) is 4.46. The van der Waals surface area contributed by atoms with Gasteiger partial charge >= 0.3 is 6.09 Å². The summed E-state index contributed by atoms with van der Waals surface area (Å²) in [6.45, 7) is 3.40. The summed E-state index contributed by atoms with van der Waals surface area (Å²) in [4.78, 5) is 19.4. The van der Waals surface area contributed by atoms with Crippen LogP contribution in [0.1, 0.15) is 13.8 Å². The van der Waals surface area contributed by atoms with Crippen LogP contribution in [0.25, 0.3) is 0 Å². The molecule has 0 saturated carbocycles. The Morgan fingerprint density at radius 2 is 1.94 bits per heavy atom. The van der Waals surface area contributed by atoms with Crippen molar-refractivity contribution in [2.24, 2.45) is 5.16 Å². The maximum Gasteiger partial charge on any atom is 0.437 e. The van der Waals surface area contributed by atoms with Crippen LogP contribution >= 0.6 is 23.2 Å². The van der Waals surface area contributed by atoms with E-state index in [-0.39, 0.29) is 10.3 Å². The van der Waals surface area contributed by atoms with E-state index in [4.69, 9.17) is 23.2 Å². The standard InChI is InChI=1S/C9H9Cl2N3O2/c1-5(2)14-16-9(15)12-6-3-7(10)13-8(11)4-6/h3-4H,1-2H3,(H,12,13,15). The van der Waals surface area contributed by atoms with Gasteiger partial charge in [-0.2, -0.15) is 0 Å². The maximum atomic E-state index is 11.2. The van der Waals surface area contributed by atoms with E-state index >= 15 is 0 Å². The molecule has 1 aromatic heterocycles. The number of hydrogen-bond acceptors (Lipinski definition) is 4. The zero-order valence-corrected chi connectivity index (χ0v) is 10.1. The molecule has 86 valence electrons. The first kappa shape index (κ1) is 12.7. The fourth-order valence-electron chi connectivity index (χ4n) is 0.810. The Morgan fingerprint density at radius 1 is 1.38 bits per heavy atom. The SMILES string of the molecule is CC(C)=NOC(=O)Nc1cc(Cl)nc(Cl)c1. The van der Waals surface area contributed by atoms with E-state index in [9.17, 15) is 4.79 Å². The van der Waals surface area contributed by atoms with Gasteiger partial charge in [0.2, 0.25) is 0 Å². The molecule has 5 nitrogen and oxygen atoms in total. The van der Waals surface area contributed by atoms with Crippen LogP contribution in [-0.2, 0) is 4.84 Å². The Hall–Kier alpha value is -1.33. The Bertz CT molecular complexity index is 411. The zero-order chi connectivity index (χ0) is 12.1. The maximum absolute atomic E-state index is 11.2.